The molecule has 0 fully saturated rings. The number of benzene rings is 1. The predicted molar refractivity (Wildman–Crippen MR) is 138 cm³/mol. The molecule has 9 nitrogen and oxygen atoms in total. The first-order valence-electron chi connectivity index (χ1n) is 11.7. The van der Waals surface area contributed by atoms with Crippen LogP contribution < -0.4 is 11.2 Å². The van der Waals surface area contributed by atoms with Gasteiger partial charge >= 0.3 is 17.6 Å². The zero-order chi connectivity index (χ0) is 26.9. The van der Waals surface area contributed by atoms with Crippen molar-refractivity contribution in [3.8, 4) is 0 Å². The molecule has 0 aliphatic carbocycles. The number of aliphatic carboxylic acids is 1. The van der Waals surface area contributed by atoms with Crippen LogP contribution in [0.15, 0.2) is 33.9 Å². The van der Waals surface area contributed by atoms with Gasteiger partial charge in [0.2, 0.25) is 0 Å². The largest absolute Gasteiger partial charge is 0.480 e. The average Bonchev–Trinajstić information content (AvgIpc) is 3.13. The molecule has 3 aromatic rings. The van der Waals surface area contributed by atoms with Gasteiger partial charge in [-0.3, -0.25) is 9.36 Å². The molecule has 2 aromatic heterocycles. The molecule has 0 radical (unpaired) electrons. The van der Waals surface area contributed by atoms with Gasteiger partial charge in [-0.1, -0.05) is 29.8 Å². The van der Waals surface area contributed by atoms with Crippen molar-refractivity contribution in [1.29, 1.82) is 0 Å². The quantitative estimate of drug-likeness (QED) is 0.427. The molecule has 0 saturated carbocycles. The first-order valence-corrected chi connectivity index (χ1v) is 12.5. The molecular weight excluding hydrogens is 484 g/mol. The van der Waals surface area contributed by atoms with E-state index in [1.54, 1.807) is 13.8 Å². The molecule has 1 unspecified atom stereocenters. The summed E-state index contributed by atoms with van der Waals surface area (Å²) in [5.74, 6) is -1.94. The van der Waals surface area contributed by atoms with Crippen LogP contribution in [0.3, 0.4) is 0 Å². The van der Waals surface area contributed by atoms with E-state index in [2.05, 4.69) is 0 Å². The van der Waals surface area contributed by atoms with Crippen LogP contribution in [0.25, 0.3) is 10.2 Å². The van der Waals surface area contributed by atoms with Crippen molar-refractivity contribution in [1.82, 2.24) is 9.13 Å². The number of thiophene rings is 1. The first kappa shape index (κ1) is 27.3. The summed E-state index contributed by atoms with van der Waals surface area (Å²) in [4.78, 5) is 52.5. The van der Waals surface area contributed by atoms with E-state index >= 15 is 0 Å². The number of carboxylic acids is 1. The molecule has 194 valence electrons. The maximum absolute atomic E-state index is 13.8. The van der Waals surface area contributed by atoms with Gasteiger partial charge in [0.1, 0.15) is 21.4 Å². The van der Waals surface area contributed by atoms with E-state index in [0.717, 1.165) is 27.0 Å². The molecule has 0 amide bonds. The van der Waals surface area contributed by atoms with E-state index in [-0.39, 0.29) is 34.3 Å². The Balaban J connectivity index is 2.37. The van der Waals surface area contributed by atoms with Crippen LogP contribution in [0.4, 0.5) is 0 Å². The van der Waals surface area contributed by atoms with Gasteiger partial charge in [0.15, 0.2) is 0 Å². The molecule has 3 rings (SSSR count). The van der Waals surface area contributed by atoms with E-state index in [4.69, 9.17) is 9.47 Å². The van der Waals surface area contributed by atoms with Crippen LogP contribution in [-0.4, -0.2) is 38.9 Å². The number of carbonyl (C=O) groups excluding carboxylic acids is 1. The highest BCUT2D eigenvalue weighted by molar-refractivity contribution is 7.20. The summed E-state index contributed by atoms with van der Waals surface area (Å²) in [6.45, 7) is 11.7. The van der Waals surface area contributed by atoms with Gasteiger partial charge in [-0.2, -0.15) is 0 Å². The smallest absolute Gasteiger partial charge is 0.348 e. The number of rotatable bonds is 9. The number of carboxylic acid groups (broad SMARTS) is 1. The van der Waals surface area contributed by atoms with Crippen LogP contribution in [-0.2, 0) is 26.4 Å². The molecule has 0 spiro atoms. The number of nitrogens with zero attached hydrogens (tertiary/aromatic N) is 2. The molecule has 1 atom stereocenters. The van der Waals surface area contributed by atoms with Gasteiger partial charge in [0, 0.05) is 0 Å². The second-order valence-corrected chi connectivity index (χ2v) is 10.4. The lowest BCUT2D eigenvalue weighted by Crippen LogP contribution is -2.52. The normalized spacial score (nSPS) is 12.8. The van der Waals surface area contributed by atoms with E-state index in [1.807, 2.05) is 45.0 Å². The highest BCUT2D eigenvalue weighted by Crippen LogP contribution is 2.31. The number of carbonyl (C=O) groups is 2. The van der Waals surface area contributed by atoms with Crippen LogP contribution in [0, 0.1) is 13.8 Å². The van der Waals surface area contributed by atoms with Crippen LogP contribution in [0.5, 0.6) is 0 Å². The monoisotopic (exact) mass is 516 g/mol. The Labute approximate surface area is 212 Å². The van der Waals surface area contributed by atoms with Crippen LogP contribution >= 0.6 is 11.3 Å². The predicted octanol–water partition coefficient (Wildman–Crippen LogP) is 4.00. The summed E-state index contributed by atoms with van der Waals surface area (Å²) in [6.07, 6.45) is -0.747. The third-order valence-corrected chi connectivity index (χ3v) is 7.28. The lowest BCUT2D eigenvalue weighted by Gasteiger charge is -2.26. The second kappa shape index (κ2) is 10.4. The minimum atomic E-state index is -1.83. The van der Waals surface area contributed by atoms with Crippen molar-refractivity contribution in [3.05, 3.63) is 66.7 Å². The highest BCUT2D eigenvalue weighted by Gasteiger charge is 2.36. The minimum Gasteiger partial charge on any atom is -0.480 e. The van der Waals surface area contributed by atoms with Crippen molar-refractivity contribution in [2.45, 2.75) is 72.8 Å². The molecule has 0 saturated heterocycles. The van der Waals surface area contributed by atoms with Crippen molar-refractivity contribution >= 4 is 33.5 Å². The van der Waals surface area contributed by atoms with Gasteiger partial charge in [-0.15, -0.1) is 11.3 Å². The lowest BCUT2D eigenvalue weighted by atomic mass is 10.0. The molecule has 0 aliphatic heterocycles. The van der Waals surface area contributed by atoms with Crippen molar-refractivity contribution in [2.24, 2.45) is 0 Å². The van der Waals surface area contributed by atoms with Gasteiger partial charge in [0.25, 0.3) is 5.56 Å². The van der Waals surface area contributed by atoms with Crippen LogP contribution in [0.2, 0.25) is 0 Å². The van der Waals surface area contributed by atoms with Crippen molar-refractivity contribution < 1.29 is 24.2 Å². The minimum absolute atomic E-state index is 0.00870. The summed E-state index contributed by atoms with van der Waals surface area (Å²) in [6, 6.07) is 7.69. The fourth-order valence-electron chi connectivity index (χ4n) is 3.99. The Morgan fingerprint density at radius 2 is 1.72 bits per heavy atom. The standard InChI is InChI=1S/C26H32N2O7S/c1-8-34-23(30)20-16(5)19-21(29)28(26(6,7)24(31)32)25(33)27(22(19)36-20)13-18(35-14(2)3)17-11-9-15(4)10-12-17/h9-12,14,18H,8,13H2,1-7H3,(H,31,32). The molecule has 2 heterocycles. The van der Waals surface area contributed by atoms with E-state index in [1.165, 1.54) is 18.4 Å². The molecular formula is C26H32N2O7S. The molecule has 0 aliphatic rings. The lowest BCUT2D eigenvalue weighted by molar-refractivity contribution is -0.146. The summed E-state index contributed by atoms with van der Waals surface area (Å²) in [5, 5.41) is 9.95. The van der Waals surface area contributed by atoms with E-state index in [9.17, 15) is 24.3 Å². The summed E-state index contributed by atoms with van der Waals surface area (Å²) >= 11 is 0.985. The Morgan fingerprint density at radius 3 is 2.25 bits per heavy atom. The number of hydrogen-bond donors (Lipinski definition) is 1. The Kier molecular flexibility index (Phi) is 7.90. The Hall–Kier alpha value is -3.24. The topological polar surface area (TPSA) is 117 Å². The fraction of sp³-hybridized carbons (Fsp3) is 0.462. The summed E-state index contributed by atoms with van der Waals surface area (Å²) in [5.41, 5.74) is -1.16. The second-order valence-electron chi connectivity index (χ2n) is 9.44. The number of hydrogen-bond acceptors (Lipinski definition) is 7. The summed E-state index contributed by atoms with van der Waals surface area (Å²) in [7, 11) is 0. The zero-order valence-corrected chi connectivity index (χ0v) is 22.4. The number of ether oxygens (including phenoxy) is 2. The number of esters is 1. The fourth-order valence-corrected chi connectivity index (χ4v) is 5.19. The number of aromatic nitrogens is 2. The molecule has 1 aromatic carbocycles. The number of fused-ring (bicyclic) bond motifs is 1. The van der Waals surface area contributed by atoms with E-state index < -0.39 is 34.8 Å². The SMILES string of the molecule is CCOC(=O)c1sc2c(c1C)c(=O)n(C(C)(C)C(=O)O)c(=O)n2CC(OC(C)C)c1ccc(C)cc1. The molecule has 0 bridgehead atoms. The van der Waals surface area contributed by atoms with Gasteiger partial charge < -0.3 is 14.6 Å². The Bertz CT molecular complexity index is 1410. The van der Waals surface area contributed by atoms with Crippen LogP contribution in [0.1, 0.15) is 67.1 Å². The average molecular weight is 517 g/mol. The molecule has 36 heavy (non-hydrogen) atoms. The van der Waals surface area contributed by atoms with Gasteiger partial charge in [-0.05, 0) is 59.6 Å². The maximum atomic E-state index is 13.8. The van der Waals surface area contributed by atoms with Gasteiger partial charge in [-0.25, -0.2) is 19.0 Å². The van der Waals surface area contributed by atoms with E-state index in [0.29, 0.717) is 5.56 Å². The maximum Gasteiger partial charge on any atom is 0.348 e. The number of aryl methyl sites for hydroxylation is 2. The molecule has 10 heteroatoms. The third-order valence-electron chi connectivity index (χ3n) is 5.99. The Morgan fingerprint density at radius 1 is 1.11 bits per heavy atom. The van der Waals surface area contributed by atoms with Crippen molar-refractivity contribution in [2.75, 3.05) is 6.61 Å². The highest BCUT2D eigenvalue weighted by atomic mass is 32.1. The van der Waals surface area contributed by atoms with Gasteiger partial charge in [0.05, 0.1) is 24.6 Å². The summed E-state index contributed by atoms with van der Waals surface area (Å²) < 4.78 is 13.4. The zero-order valence-electron chi connectivity index (χ0n) is 21.6. The molecule has 1 N–H and O–H groups in total. The van der Waals surface area contributed by atoms with Crippen molar-refractivity contribution in [3.63, 3.8) is 0 Å². The third kappa shape index (κ3) is 5.01. The first-order chi connectivity index (χ1) is 16.8.